The van der Waals surface area contributed by atoms with Gasteiger partial charge in [-0.3, -0.25) is 14.4 Å². The zero-order chi connectivity index (χ0) is 28.5. The van der Waals surface area contributed by atoms with Crippen LogP contribution in [-0.4, -0.2) is 55.8 Å². The van der Waals surface area contributed by atoms with Gasteiger partial charge in [-0.1, -0.05) is 60.7 Å². The van der Waals surface area contributed by atoms with E-state index in [9.17, 15) is 18.8 Å². The van der Waals surface area contributed by atoms with Gasteiger partial charge in [0.2, 0.25) is 5.91 Å². The van der Waals surface area contributed by atoms with Crippen molar-refractivity contribution in [3.8, 4) is 0 Å². The topological polar surface area (TPSA) is 90.5 Å². The summed E-state index contributed by atoms with van der Waals surface area (Å²) in [4.78, 5) is 41.6. The number of anilines is 1. The van der Waals surface area contributed by atoms with Crippen molar-refractivity contribution < 1.29 is 18.8 Å². The summed E-state index contributed by atoms with van der Waals surface area (Å²) >= 11 is 0. The minimum atomic E-state index is -0.872. The first-order valence-electron chi connectivity index (χ1n) is 13.2. The van der Waals surface area contributed by atoms with E-state index in [0.29, 0.717) is 12.1 Å². The van der Waals surface area contributed by atoms with E-state index < -0.39 is 23.7 Å². The van der Waals surface area contributed by atoms with Gasteiger partial charge < -0.3 is 20.9 Å². The van der Waals surface area contributed by atoms with Crippen molar-refractivity contribution in [3.05, 3.63) is 114 Å². The van der Waals surface area contributed by atoms with Crippen LogP contribution in [0.4, 0.5) is 10.1 Å². The van der Waals surface area contributed by atoms with Crippen molar-refractivity contribution in [3.63, 3.8) is 0 Å². The lowest BCUT2D eigenvalue weighted by molar-refractivity contribution is -0.122. The number of fused-ring (bicyclic) bond motifs is 1. The third-order valence-electron chi connectivity index (χ3n) is 6.47. The van der Waals surface area contributed by atoms with Gasteiger partial charge in [0.15, 0.2) is 0 Å². The number of nitrogens with zero attached hydrogens (tertiary/aromatic N) is 1. The molecule has 3 N–H and O–H groups in total. The van der Waals surface area contributed by atoms with Crippen LogP contribution >= 0.6 is 0 Å². The molecule has 1 unspecified atom stereocenters. The summed E-state index contributed by atoms with van der Waals surface area (Å²) in [5, 5.41) is 10.2. The summed E-state index contributed by atoms with van der Waals surface area (Å²) < 4.78 is 14.2. The standard InChI is InChI=1S/C32H33FN4O3/c1-37(2)18-8-17-34-32(40)29(19-22-9-4-3-5-10-22)36-31(39)27-16-15-26(33)21-28(27)35-30(38)25-14-13-23-11-6-7-12-24(23)20-25/h3-7,9-16,20-21,29H,8,17-19H2,1-2H3,(H,34,40)(H,35,38)(H,36,39). The molecule has 3 amide bonds. The zero-order valence-electron chi connectivity index (χ0n) is 22.6. The molecule has 0 aromatic heterocycles. The molecule has 4 rings (SSSR count). The number of hydrogen-bond donors (Lipinski definition) is 3. The van der Waals surface area contributed by atoms with Crippen LogP contribution in [0.25, 0.3) is 10.8 Å². The highest BCUT2D eigenvalue weighted by atomic mass is 19.1. The van der Waals surface area contributed by atoms with Gasteiger partial charge in [0.1, 0.15) is 11.9 Å². The lowest BCUT2D eigenvalue weighted by Gasteiger charge is -2.20. The third-order valence-corrected chi connectivity index (χ3v) is 6.47. The monoisotopic (exact) mass is 540 g/mol. The van der Waals surface area contributed by atoms with Gasteiger partial charge in [0.25, 0.3) is 11.8 Å². The molecule has 0 radical (unpaired) electrons. The SMILES string of the molecule is CN(C)CCCNC(=O)C(Cc1ccccc1)NC(=O)c1ccc(F)cc1NC(=O)c1ccc2ccccc2c1. The molecule has 206 valence electrons. The van der Waals surface area contributed by atoms with Crippen LogP contribution in [0.5, 0.6) is 0 Å². The maximum absolute atomic E-state index is 14.2. The van der Waals surface area contributed by atoms with Crippen LogP contribution in [0.2, 0.25) is 0 Å². The first kappa shape index (κ1) is 28.4. The van der Waals surface area contributed by atoms with E-state index in [1.807, 2.05) is 79.7 Å². The lowest BCUT2D eigenvalue weighted by Crippen LogP contribution is -2.48. The molecule has 1 atom stereocenters. The highest BCUT2D eigenvalue weighted by Gasteiger charge is 2.24. The van der Waals surface area contributed by atoms with Crippen molar-refractivity contribution in [2.24, 2.45) is 0 Å². The summed E-state index contributed by atoms with van der Waals surface area (Å²) in [7, 11) is 3.92. The molecule has 0 bridgehead atoms. The van der Waals surface area contributed by atoms with Gasteiger partial charge in [-0.05, 0) is 73.7 Å². The van der Waals surface area contributed by atoms with Crippen molar-refractivity contribution in [1.29, 1.82) is 0 Å². The van der Waals surface area contributed by atoms with E-state index in [4.69, 9.17) is 0 Å². The maximum Gasteiger partial charge on any atom is 0.255 e. The van der Waals surface area contributed by atoms with Gasteiger partial charge in [-0.15, -0.1) is 0 Å². The molecule has 0 spiro atoms. The summed E-state index contributed by atoms with van der Waals surface area (Å²) in [6, 6.07) is 24.9. The molecule has 0 saturated carbocycles. The van der Waals surface area contributed by atoms with E-state index in [1.54, 1.807) is 12.1 Å². The molecule has 0 saturated heterocycles. The Kier molecular flexibility index (Phi) is 9.59. The van der Waals surface area contributed by atoms with Crippen LogP contribution in [0.3, 0.4) is 0 Å². The summed E-state index contributed by atoms with van der Waals surface area (Å²) in [5.74, 6) is -2.01. The second-order valence-corrected chi connectivity index (χ2v) is 9.87. The Bertz CT molecular complexity index is 1490. The Morgan fingerprint density at radius 1 is 0.825 bits per heavy atom. The number of amides is 3. The normalized spacial score (nSPS) is 11.7. The van der Waals surface area contributed by atoms with E-state index in [-0.39, 0.29) is 23.6 Å². The first-order chi connectivity index (χ1) is 19.3. The molecule has 4 aromatic carbocycles. The van der Waals surface area contributed by atoms with E-state index in [1.165, 1.54) is 6.07 Å². The average Bonchev–Trinajstić information content (AvgIpc) is 2.95. The third kappa shape index (κ3) is 7.74. The summed E-state index contributed by atoms with van der Waals surface area (Å²) in [6.45, 7) is 1.27. The average molecular weight is 541 g/mol. The highest BCUT2D eigenvalue weighted by molar-refractivity contribution is 6.10. The van der Waals surface area contributed by atoms with E-state index in [2.05, 4.69) is 16.0 Å². The number of halogens is 1. The quantitative estimate of drug-likeness (QED) is 0.242. The maximum atomic E-state index is 14.2. The number of hydrogen-bond acceptors (Lipinski definition) is 4. The van der Waals surface area contributed by atoms with Gasteiger partial charge >= 0.3 is 0 Å². The van der Waals surface area contributed by atoms with Crippen molar-refractivity contribution in [2.75, 3.05) is 32.5 Å². The molecular weight excluding hydrogens is 507 g/mol. The Labute approximate surface area is 233 Å². The largest absolute Gasteiger partial charge is 0.354 e. The molecule has 40 heavy (non-hydrogen) atoms. The number of carbonyl (C=O) groups is 3. The van der Waals surface area contributed by atoms with Crippen molar-refractivity contribution in [2.45, 2.75) is 18.9 Å². The molecule has 0 aliphatic carbocycles. The minimum Gasteiger partial charge on any atom is -0.354 e. The molecule has 0 heterocycles. The Balaban J connectivity index is 1.52. The van der Waals surface area contributed by atoms with Gasteiger partial charge in [0.05, 0.1) is 11.3 Å². The van der Waals surface area contributed by atoms with Gasteiger partial charge in [0, 0.05) is 18.5 Å². The fourth-order valence-electron chi connectivity index (χ4n) is 4.37. The Morgan fingerprint density at radius 2 is 1.55 bits per heavy atom. The van der Waals surface area contributed by atoms with Crippen LogP contribution in [0, 0.1) is 5.82 Å². The fourth-order valence-corrected chi connectivity index (χ4v) is 4.37. The fraction of sp³-hybridized carbons (Fsp3) is 0.219. The van der Waals surface area contributed by atoms with Crippen LogP contribution in [-0.2, 0) is 11.2 Å². The molecule has 8 heteroatoms. The number of carbonyl (C=O) groups excluding carboxylic acids is 3. The Hall–Kier alpha value is -4.56. The number of benzene rings is 4. The van der Waals surface area contributed by atoms with Crippen LogP contribution in [0.1, 0.15) is 32.7 Å². The molecule has 0 aliphatic rings. The van der Waals surface area contributed by atoms with Crippen molar-refractivity contribution in [1.82, 2.24) is 15.5 Å². The van der Waals surface area contributed by atoms with Crippen LogP contribution < -0.4 is 16.0 Å². The number of nitrogens with one attached hydrogen (secondary N) is 3. The molecule has 0 fully saturated rings. The smallest absolute Gasteiger partial charge is 0.255 e. The van der Waals surface area contributed by atoms with E-state index >= 15 is 0 Å². The van der Waals surface area contributed by atoms with Crippen molar-refractivity contribution >= 4 is 34.2 Å². The van der Waals surface area contributed by atoms with Gasteiger partial charge in [-0.25, -0.2) is 4.39 Å². The molecular formula is C32H33FN4O3. The second-order valence-electron chi connectivity index (χ2n) is 9.87. The predicted molar refractivity (Wildman–Crippen MR) is 156 cm³/mol. The zero-order valence-corrected chi connectivity index (χ0v) is 22.6. The highest BCUT2D eigenvalue weighted by Crippen LogP contribution is 2.21. The Morgan fingerprint density at radius 3 is 2.30 bits per heavy atom. The number of rotatable bonds is 11. The van der Waals surface area contributed by atoms with Crippen LogP contribution in [0.15, 0.2) is 91.0 Å². The predicted octanol–water partition coefficient (Wildman–Crippen LogP) is 4.64. The first-order valence-corrected chi connectivity index (χ1v) is 13.2. The lowest BCUT2D eigenvalue weighted by atomic mass is 10.0. The van der Waals surface area contributed by atoms with E-state index in [0.717, 1.165) is 41.4 Å². The minimum absolute atomic E-state index is 0.0144. The molecule has 4 aromatic rings. The second kappa shape index (κ2) is 13.5. The summed E-state index contributed by atoms with van der Waals surface area (Å²) in [5.41, 5.74) is 1.31. The van der Waals surface area contributed by atoms with Gasteiger partial charge in [-0.2, -0.15) is 0 Å². The molecule has 7 nitrogen and oxygen atoms in total. The molecule has 0 aliphatic heterocycles. The summed E-state index contributed by atoms with van der Waals surface area (Å²) in [6.07, 6.45) is 1.03.